The van der Waals surface area contributed by atoms with E-state index in [0.29, 0.717) is 12.6 Å². The summed E-state index contributed by atoms with van der Waals surface area (Å²) in [5.41, 5.74) is 0.801. The lowest BCUT2D eigenvalue weighted by molar-refractivity contribution is -0.386. The molecule has 1 atom stereocenters. The van der Waals surface area contributed by atoms with Gasteiger partial charge < -0.3 is 10.1 Å². The Kier molecular flexibility index (Phi) is 3.97. The first-order valence-corrected chi connectivity index (χ1v) is 6.17. The minimum absolute atomic E-state index is 0.114. The summed E-state index contributed by atoms with van der Waals surface area (Å²) in [7, 11) is 0. The van der Waals surface area contributed by atoms with Gasteiger partial charge in [0.1, 0.15) is 6.07 Å². The minimum atomic E-state index is -0.717. The third-order valence-electron chi connectivity index (χ3n) is 2.88. The Morgan fingerprint density at radius 2 is 2.37 bits per heavy atom. The van der Waals surface area contributed by atoms with Crippen molar-refractivity contribution in [1.29, 1.82) is 5.26 Å². The van der Waals surface area contributed by atoms with E-state index < -0.39 is 11.0 Å². The van der Waals surface area contributed by atoms with E-state index in [-0.39, 0.29) is 11.4 Å². The predicted octanol–water partition coefficient (Wildman–Crippen LogP) is 2.14. The van der Waals surface area contributed by atoms with E-state index in [4.69, 9.17) is 10.00 Å². The Hall–Kier alpha value is -2.13. The lowest BCUT2D eigenvalue weighted by atomic mass is 10.2. The average molecular weight is 261 g/mol. The van der Waals surface area contributed by atoms with E-state index in [9.17, 15) is 10.1 Å². The van der Waals surface area contributed by atoms with Gasteiger partial charge >= 0.3 is 5.69 Å². The van der Waals surface area contributed by atoms with Crippen molar-refractivity contribution < 1.29 is 9.66 Å². The second-order valence-electron chi connectivity index (χ2n) is 4.60. The molecule has 1 unspecified atom stereocenters. The summed E-state index contributed by atoms with van der Waals surface area (Å²) in [5, 5.41) is 23.0. The van der Waals surface area contributed by atoms with Crippen LogP contribution in [0.5, 0.6) is 5.75 Å². The molecule has 100 valence electrons. The quantitative estimate of drug-likeness (QED) is 0.626. The largest absolute Gasteiger partial charge is 0.469 e. The van der Waals surface area contributed by atoms with Crippen LogP contribution in [0, 0.1) is 21.4 Å². The van der Waals surface area contributed by atoms with Gasteiger partial charge in [0.25, 0.3) is 0 Å². The molecule has 1 aromatic rings. The Balaban J connectivity index is 2.16. The highest BCUT2D eigenvalue weighted by Crippen LogP contribution is 2.29. The molecule has 0 saturated heterocycles. The second kappa shape index (κ2) is 5.67. The Morgan fingerprint density at radius 3 is 2.95 bits per heavy atom. The second-order valence-corrected chi connectivity index (χ2v) is 4.60. The molecule has 6 nitrogen and oxygen atoms in total. The Bertz CT molecular complexity index is 520. The maximum atomic E-state index is 10.9. The van der Waals surface area contributed by atoms with Crippen molar-refractivity contribution in [3.63, 3.8) is 0 Å². The highest BCUT2D eigenvalue weighted by Gasteiger charge is 2.21. The van der Waals surface area contributed by atoms with Gasteiger partial charge in [-0.25, -0.2) is 0 Å². The summed E-state index contributed by atoms with van der Waals surface area (Å²) in [4.78, 5) is 10.4. The zero-order chi connectivity index (χ0) is 13.8. The molecule has 1 saturated carbocycles. The van der Waals surface area contributed by atoms with Crippen LogP contribution in [0.15, 0.2) is 18.2 Å². The van der Waals surface area contributed by atoms with Crippen molar-refractivity contribution in [2.45, 2.75) is 38.5 Å². The fraction of sp³-hybridized carbons (Fsp3) is 0.462. The molecular formula is C13H15N3O3. The van der Waals surface area contributed by atoms with Gasteiger partial charge in [-0.05, 0) is 31.4 Å². The average Bonchev–Trinajstić information content (AvgIpc) is 3.20. The van der Waals surface area contributed by atoms with Gasteiger partial charge in [0.05, 0.1) is 4.92 Å². The minimum Gasteiger partial charge on any atom is -0.469 e. The maximum absolute atomic E-state index is 10.9. The Labute approximate surface area is 111 Å². The zero-order valence-electron chi connectivity index (χ0n) is 10.6. The number of hydrogen-bond donors (Lipinski definition) is 1. The topological polar surface area (TPSA) is 88.2 Å². The van der Waals surface area contributed by atoms with Crippen molar-refractivity contribution in [1.82, 2.24) is 5.32 Å². The van der Waals surface area contributed by atoms with Crippen LogP contribution in [-0.2, 0) is 6.54 Å². The van der Waals surface area contributed by atoms with Crippen molar-refractivity contribution in [2.75, 3.05) is 0 Å². The highest BCUT2D eigenvalue weighted by atomic mass is 16.6. The van der Waals surface area contributed by atoms with Crippen LogP contribution >= 0.6 is 0 Å². The van der Waals surface area contributed by atoms with Gasteiger partial charge in [0.15, 0.2) is 11.9 Å². The maximum Gasteiger partial charge on any atom is 0.310 e. The third kappa shape index (κ3) is 3.66. The fourth-order valence-electron chi connectivity index (χ4n) is 1.68. The first-order chi connectivity index (χ1) is 9.10. The van der Waals surface area contributed by atoms with Crippen LogP contribution < -0.4 is 10.1 Å². The Morgan fingerprint density at radius 1 is 1.63 bits per heavy atom. The lowest BCUT2D eigenvalue weighted by Gasteiger charge is -2.10. The molecule has 1 aliphatic rings. The third-order valence-corrected chi connectivity index (χ3v) is 2.88. The molecule has 0 bridgehead atoms. The first-order valence-electron chi connectivity index (χ1n) is 6.17. The number of hydrogen-bond acceptors (Lipinski definition) is 5. The summed E-state index contributed by atoms with van der Waals surface area (Å²) < 4.78 is 5.29. The van der Waals surface area contributed by atoms with E-state index in [1.165, 1.54) is 18.9 Å². The lowest BCUT2D eigenvalue weighted by Crippen LogP contribution is -2.16. The molecular weight excluding hydrogens is 246 g/mol. The number of nitro groups is 1. The predicted molar refractivity (Wildman–Crippen MR) is 68.7 cm³/mol. The van der Waals surface area contributed by atoms with Crippen LogP contribution in [-0.4, -0.2) is 17.1 Å². The number of nitrogens with one attached hydrogen (secondary N) is 1. The van der Waals surface area contributed by atoms with Crippen LogP contribution in [0.1, 0.15) is 25.3 Å². The summed E-state index contributed by atoms with van der Waals surface area (Å²) in [6, 6.07) is 7.22. The zero-order valence-corrected chi connectivity index (χ0v) is 10.6. The summed E-state index contributed by atoms with van der Waals surface area (Å²) in [6.45, 7) is 2.21. The molecule has 0 amide bonds. The van der Waals surface area contributed by atoms with Crippen LogP contribution in [0.4, 0.5) is 5.69 Å². The molecule has 1 aliphatic carbocycles. The number of rotatable bonds is 6. The number of ether oxygens (including phenoxy) is 1. The normalized spacial score (nSPS) is 15.6. The van der Waals surface area contributed by atoms with Crippen LogP contribution in [0.25, 0.3) is 0 Å². The number of nitro benzene ring substituents is 1. The van der Waals surface area contributed by atoms with Crippen molar-refractivity contribution in [3.05, 3.63) is 33.9 Å². The monoisotopic (exact) mass is 261 g/mol. The number of nitrogens with zero attached hydrogens (tertiary/aromatic N) is 2. The molecule has 1 fully saturated rings. The molecule has 0 radical (unpaired) electrons. The van der Waals surface area contributed by atoms with Gasteiger partial charge in [0, 0.05) is 18.7 Å². The summed E-state index contributed by atoms with van der Waals surface area (Å²) in [5.74, 6) is 0.147. The van der Waals surface area contributed by atoms with Crippen LogP contribution in [0.3, 0.4) is 0 Å². The smallest absolute Gasteiger partial charge is 0.310 e. The van der Waals surface area contributed by atoms with E-state index >= 15 is 0 Å². The molecule has 0 aliphatic heterocycles. The summed E-state index contributed by atoms with van der Waals surface area (Å²) in [6.07, 6.45) is 1.65. The molecule has 1 N–H and O–H groups in total. The molecule has 2 rings (SSSR count). The van der Waals surface area contributed by atoms with Crippen molar-refractivity contribution in [2.24, 2.45) is 0 Å². The summed E-state index contributed by atoms with van der Waals surface area (Å²) >= 11 is 0. The van der Waals surface area contributed by atoms with Crippen LogP contribution in [0.2, 0.25) is 0 Å². The number of benzene rings is 1. The van der Waals surface area contributed by atoms with Gasteiger partial charge in [-0.1, -0.05) is 6.07 Å². The van der Waals surface area contributed by atoms with E-state index in [1.54, 1.807) is 19.1 Å². The molecule has 0 spiro atoms. The van der Waals surface area contributed by atoms with E-state index in [0.717, 1.165) is 5.56 Å². The SMILES string of the molecule is CC(C#N)Oc1cc(CNC2CC2)ccc1[N+](=O)[O-]. The molecule has 0 heterocycles. The van der Waals surface area contributed by atoms with E-state index in [1.807, 2.05) is 6.07 Å². The number of nitriles is 1. The van der Waals surface area contributed by atoms with Crippen molar-refractivity contribution >= 4 is 5.69 Å². The highest BCUT2D eigenvalue weighted by molar-refractivity contribution is 5.48. The molecule has 1 aromatic carbocycles. The fourth-order valence-corrected chi connectivity index (χ4v) is 1.68. The molecule has 19 heavy (non-hydrogen) atoms. The van der Waals surface area contributed by atoms with Gasteiger partial charge in [0.2, 0.25) is 0 Å². The molecule has 0 aromatic heterocycles. The van der Waals surface area contributed by atoms with Crippen molar-refractivity contribution in [3.8, 4) is 11.8 Å². The first kappa shape index (κ1) is 13.3. The van der Waals surface area contributed by atoms with Gasteiger partial charge in [-0.2, -0.15) is 5.26 Å². The standard InChI is InChI=1S/C13H15N3O3/c1-9(7-14)19-13-6-10(8-15-11-3-4-11)2-5-12(13)16(17)18/h2,5-6,9,11,15H,3-4,8H2,1H3. The van der Waals surface area contributed by atoms with E-state index in [2.05, 4.69) is 5.32 Å². The van der Waals surface area contributed by atoms with Gasteiger partial charge in [-0.15, -0.1) is 0 Å². The van der Waals surface area contributed by atoms with Gasteiger partial charge in [-0.3, -0.25) is 10.1 Å². The molecule has 6 heteroatoms.